The topological polar surface area (TPSA) is 12.0 Å². The van der Waals surface area contributed by atoms with Crippen LogP contribution in [0, 0.1) is 5.82 Å². The molecule has 1 nitrogen and oxygen atoms in total. The van der Waals surface area contributed by atoms with Crippen molar-refractivity contribution in [3.63, 3.8) is 0 Å². The lowest BCUT2D eigenvalue weighted by atomic mass is 9.90. The first-order valence-electron chi connectivity index (χ1n) is 6.02. The number of hydrogen-bond acceptors (Lipinski definition) is 1. The lowest BCUT2D eigenvalue weighted by molar-refractivity contribution is -0.200. The third-order valence-electron chi connectivity index (χ3n) is 3.49. The Kier molecular flexibility index (Phi) is 3.36. The van der Waals surface area contributed by atoms with E-state index in [0.717, 1.165) is 0 Å². The molecule has 100 valence electrons. The third-order valence-corrected chi connectivity index (χ3v) is 3.49. The van der Waals surface area contributed by atoms with Crippen LogP contribution in [-0.4, -0.2) is 12.7 Å². The molecule has 0 amide bonds. The van der Waals surface area contributed by atoms with Crippen molar-refractivity contribution in [2.75, 3.05) is 6.54 Å². The summed E-state index contributed by atoms with van der Waals surface area (Å²) in [6, 6.07) is 3.93. The summed E-state index contributed by atoms with van der Waals surface area (Å²) in [5.74, 6) is -0.545. The van der Waals surface area contributed by atoms with Crippen molar-refractivity contribution in [2.24, 2.45) is 0 Å². The SMILES string of the molecule is CCCNC1(C(F)(F)F)CCc2c(F)cccc21. The predicted octanol–water partition coefficient (Wildman–Crippen LogP) is 3.53. The van der Waals surface area contributed by atoms with Crippen molar-refractivity contribution in [3.8, 4) is 0 Å². The zero-order valence-corrected chi connectivity index (χ0v) is 10.1. The molecule has 1 aromatic carbocycles. The standard InChI is InChI=1S/C13H15F4N/c1-2-8-18-12(13(15,16)17)7-6-9-10(12)4-3-5-11(9)14/h3-5,18H,2,6-8H2,1H3. The van der Waals surface area contributed by atoms with Crippen molar-refractivity contribution >= 4 is 0 Å². The van der Waals surface area contributed by atoms with Crippen LogP contribution in [0.5, 0.6) is 0 Å². The van der Waals surface area contributed by atoms with Gasteiger partial charge in [0.2, 0.25) is 0 Å². The van der Waals surface area contributed by atoms with Crippen molar-refractivity contribution in [2.45, 2.75) is 37.9 Å². The van der Waals surface area contributed by atoms with E-state index in [9.17, 15) is 17.6 Å². The molecule has 2 rings (SSSR count). The van der Waals surface area contributed by atoms with E-state index in [1.54, 1.807) is 6.92 Å². The van der Waals surface area contributed by atoms with Gasteiger partial charge in [-0.3, -0.25) is 5.32 Å². The highest BCUT2D eigenvalue weighted by Gasteiger charge is 2.58. The summed E-state index contributed by atoms with van der Waals surface area (Å²) in [6.07, 6.45) is -3.82. The minimum Gasteiger partial charge on any atom is -0.300 e. The maximum atomic E-state index is 13.5. The first-order chi connectivity index (χ1) is 8.42. The van der Waals surface area contributed by atoms with Crippen molar-refractivity contribution in [1.29, 1.82) is 0 Å². The normalized spacial score (nSPS) is 23.2. The smallest absolute Gasteiger partial charge is 0.300 e. The summed E-state index contributed by atoms with van der Waals surface area (Å²) in [5, 5.41) is 2.58. The second kappa shape index (κ2) is 4.53. The number of halogens is 4. The van der Waals surface area contributed by atoms with E-state index in [4.69, 9.17) is 0 Å². The highest BCUT2D eigenvalue weighted by Crippen LogP contribution is 2.48. The van der Waals surface area contributed by atoms with Crippen LogP contribution in [-0.2, 0) is 12.0 Å². The molecule has 0 fully saturated rings. The number of fused-ring (bicyclic) bond motifs is 1. The maximum absolute atomic E-state index is 13.5. The van der Waals surface area contributed by atoms with E-state index >= 15 is 0 Å². The van der Waals surface area contributed by atoms with Gasteiger partial charge in [-0.05, 0) is 43.0 Å². The van der Waals surface area contributed by atoms with Crippen LogP contribution in [0.25, 0.3) is 0 Å². The molecule has 0 aliphatic heterocycles. The van der Waals surface area contributed by atoms with Crippen molar-refractivity contribution < 1.29 is 17.6 Å². The molecule has 1 aliphatic carbocycles. The van der Waals surface area contributed by atoms with E-state index in [0.29, 0.717) is 6.42 Å². The van der Waals surface area contributed by atoms with Crippen LogP contribution in [0.4, 0.5) is 17.6 Å². The molecular formula is C13H15F4N. The van der Waals surface area contributed by atoms with Gasteiger partial charge in [0, 0.05) is 0 Å². The molecule has 1 atom stereocenters. The molecular weight excluding hydrogens is 246 g/mol. The van der Waals surface area contributed by atoms with Crippen LogP contribution < -0.4 is 5.32 Å². The number of nitrogens with one attached hydrogen (secondary N) is 1. The van der Waals surface area contributed by atoms with Crippen LogP contribution in [0.3, 0.4) is 0 Å². The number of benzene rings is 1. The zero-order chi connectivity index (χ0) is 13.4. The zero-order valence-electron chi connectivity index (χ0n) is 10.1. The Morgan fingerprint density at radius 2 is 2.06 bits per heavy atom. The fraction of sp³-hybridized carbons (Fsp3) is 0.538. The molecule has 0 saturated carbocycles. The fourth-order valence-corrected chi connectivity index (χ4v) is 2.58. The molecule has 0 aromatic heterocycles. The summed E-state index contributed by atoms with van der Waals surface area (Å²) in [6.45, 7) is 2.06. The van der Waals surface area contributed by atoms with Gasteiger partial charge in [-0.1, -0.05) is 19.1 Å². The second-order valence-electron chi connectivity index (χ2n) is 4.60. The molecule has 0 heterocycles. The molecule has 0 radical (unpaired) electrons. The molecule has 0 bridgehead atoms. The van der Waals surface area contributed by atoms with Crippen LogP contribution in [0.2, 0.25) is 0 Å². The average molecular weight is 261 g/mol. The molecule has 1 N–H and O–H groups in total. The van der Waals surface area contributed by atoms with Crippen LogP contribution in [0.1, 0.15) is 30.9 Å². The van der Waals surface area contributed by atoms with E-state index < -0.39 is 17.5 Å². The Labute approximate surface area is 103 Å². The Morgan fingerprint density at radius 1 is 1.33 bits per heavy atom. The molecule has 18 heavy (non-hydrogen) atoms. The number of alkyl halides is 3. The third kappa shape index (κ3) is 1.90. The van der Waals surface area contributed by atoms with Crippen molar-refractivity contribution in [3.05, 3.63) is 35.1 Å². The van der Waals surface area contributed by atoms with Gasteiger partial charge >= 0.3 is 6.18 Å². The molecule has 0 spiro atoms. The molecule has 1 aliphatic rings. The van der Waals surface area contributed by atoms with Gasteiger partial charge in [-0.2, -0.15) is 13.2 Å². The summed E-state index contributed by atoms with van der Waals surface area (Å²) < 4.78 is 53.6. The number of hydrogen-bond donors (Lipinski definition) is 1. The summed E-state index contributed by atoms with van der Waals surface area (Å²) in [5.41, 5.74) is -1.85. The number of rotatable bonds is 3. The Bertz CT molecular complexity index is 441. The van der Waals surface area contributed by atoms with Crippen LogP contribution >= 0.6 is 0 Å². The van der Waals surface area contributed by atoms with E-state index in [1.165, 1.54) is 18.2 Å². The minimum absolute atomic E-state index is 0.0449. The molecule has 1 unspecified atom stereocenters. The van der Waals surface area contributed by atoms with E-state index in [2.05, 4.69) is 5.32 Å². The maximum Gasteiger partial charge on any atom is 0.410 e. The predicted molar refractivity (Wildman–Crippen MR) is 60.7 cm³/mol. The highest BCUT2D eigenvalue weighted by molar-refractivity contribution is 5.41. The van der Waals surface area contributed by atoms with E-state index in [-0.39, 0.29) is 30.5 Å². The summed E-state index contributed by atoms with van der Waals surface area (Å²) >= 11 is 0. The van der Waals surface area contributed by atoms with E-state index in [1.807, 2.05) is 0 Å². The monoisotopic (exact) mass is 261 g/mol. The van der Waals surface area contributed by atoms with Gasteiger partial charge in [0.15, 0.2) is 0 Å². The van der Waals surface area contributed by atoms with Crippen molar-refractivity contribution in [1.82, 2.24) is 5.32 Å². The van der Waals surface area contributed by atoms with Gasteiger partial charge in [-0.15, -0.1) is 0 Å². The van der Waals surface area contributed by atoms with Gasteiger partial charge in [-0.25, -0.2) is 4.39 Å². The lowest BCUT2D eigenvalue weighted by Crippen LogP contribution is -2.52. The van der Waals surface area contributed by atoms with Gasteiger partial charge < -0.3 is 0 Å². The Hall–Kier alpha value is -1.10. The first kappa shape index (κ1) is 13.3. The molecule has 0 saturated heterocycles. The Balaban J connectivity index is 2.50. The lowest BCUT2D eigenvalue weighted by Gasteiger charge is -2.34. The summed E-state index contributed by atoms with van der Waals surface area (Å²) in [7, 11) is 0. The van der Waals surface area contributed by atoms with Gasteiger partial charge in [0.1, 0.15) is 11.4 Å². The average Bonchev–Trinajstić information content (AvgIpc) is 2.67. The molecule has 1 aromatic rings. The van der Waals surface area contributed by atoms with Gasteiger partial charge in [0.25, 0.3) is 0 Å². The van der Waals surface area contributed by atoms with Crippen LogP contribution in [0.15, 0.2) is 18.2 Å². The molecule has 5 heteroatoms. The highest BCUT2D eigenvalue weighted by atomic mass is 19.4. The van der Waals surface area contributed by atoms with Gasteiger partial charge in [0.05, 0.1) is 0 Å². The second-order valence-corrected chi connectivity index (χ2v) is 4.60. The first-order valence-corrected chi connectivity index (χ1v) is 6.02. The minimum atomic E-state index is -4.42. The fourth-order valence-electron chi connectivity index (χ4n) is 2.58. The Morgan fingerprint density at radius 3 is 2.67 bits per heavy atom. The quantitative estimate of drug-likeness (QED) is 0.821. The largest absolute Gasteiger partial charge is 0.410 e. The summed E-state index contributed by atoms with van der Waals surface area (Å²) in [4.78, 5) is 0.